The molecule has 0 spiro atoms. The first-order valence-electron chi connectivity index (χ1n) is 13.3. The topological polar surface area (TPSA) is 79.3 Å². The van der Waals surface area contributed by atoms with Gasteiger partial charge < -0.3 is 10.4 Å². The van der Waals surface area contributed by atoms with Crippen molar-refractivity contribution < 1.29 is 19.1 Å². The van der Waals surface area contributed by atoms with Crippen molar-refractivity contribution in [1.29, 1.82) is 0 Å². The number of nitrogens with zero attached hydrogens (tertiary/aromatic N) is 1. The minimum absolute atomic E-state index is 0.164. The number of aliphatic hydroxyl groups is 1. The highest BCUT2D eigenvalue weighted by molar-refractivity contribution is 6.02. The molecular formula is C33H31FN2O3. The second-order valence-corrected chi connectivity index (χ2v) is 10.1. The van der Waals surface area contributed by atoms with E-state index in [2.05, 4.69) is 5.32 Å². The number of hydrogen-bond donors (Lipinski definition) is 2. The maximum atomic E-state index is 13.7. The summed E-state index contributed by atoms with van der Waals surface area (Å²) in [4.78, 5) is 30.2. The number of carbonyl (C=O) groups excluding carboxylic acids is 2. The van der Waals surface area contributed by atoms with E-state index in [1.165, 1.54) is 18.2 Å². The van der Waals surface area contributed by atoms with E-state index in [4.69, 9.17) is 4.98 Å². The minimum atomic E-state index is -1.10. The summed E-state index contributed by atoms with van der Waals surface area (Å²) >= 11 is 0. The Bertz CT molecular complexity index is 1510. The molecule has 0 saturated heterocycles. The van der Waals surface area contributed by atoms with Gasteiger partial charge in [0.1, 0.15) is 5.82 Å². The molecule has 1 heterocycles. The second kappa shape index (κ2) is 11.7. The van der Waals surface area contributed by atoms with Crippen molar-refractivity contribution in [3.63, 3.8) is 0 Å². The molecule has 4 aromatic rings. The lowest BCUT2D eigenvalue weighted by molar-refractivity contribution is -0.124. The molecular weight excluding hydrogens is 491 g/mol. The summed E-state index contributed by atoms with van der Waals surface area (Å²) in [7, 11) is 0. The van der Waals surface area contributed by atoms with Gasteiger partial charge in [0.25, 0.3) is 0 Å². The Morgan fingerprint density at radius 3 is 2.41 bits per heavy atom. The van der Waals surface area contributed by atoms with Gasteiger partial charge in [-0.25, -0.2) is 4.39 Å². The van der Waals surface area contributed by atoms with Crippen LogP contribution in [0.3, 0.4) is 0 Å². The van der Waals surface area contributed by atoms with Gasteiger partial charge >= 0.3 is 0 Å². The fraction of sp³-hybridized carbons (Fsp3) is 0.242. The molecule has 3 aromatic carbocycles. The average Bonchev–Trinajstić information content (AvgIpc) is 3.77. The zero-order valence-electron chi connectivity index (χ0n) is 21.8. The number of allylic oxidation sites excluding steroid dienone is 1. The summed E-state index contributed by atoms with van der Waals surface area (Å²) in [5.41, 5.74) is 5.32. The number of rotatable bonds is 10. The number of benzene rings is 3. The molecule has 1 aliphatic carbocycles. The molecule has 5 rings (SSSR count). The lowest BCUT2D eigenvalue weighted by Crippen LogP contribution is -2.30. The van der Waals surface area contributed by atoms with E-state index in [1.807, 2.05) is 61.5 Å². The summed E-state index contributed by atoms with van der Waals surface area (Å²) in [6.07, 6.45) is 3.84. The van der Waals surface area contributed by atoms with Crippen molar-refractivity contribution in [3.05, 3.63) is 108 Å². The first-order chi connectivity index (χ1) is 18.9. The fourth-order valence-electron chi connectivity index (χ4n) is 4.90. The molecule has 1 amide bonds. The fourth-order valence-corrected chi connectivity index (χ4v) is 4.90. The molecule has 1 aliphatic rings. The third-order valence-corrected chi connectivity index (χ3v) is 7.03. The number of nitrogens with one attached hydrogen (secondary N) is 1. The lowest BCUT2D eigenvalue weighted by atomic mass is 9.92. The van der Waals surface area contributed by atoms with Gasteiger partial charge in [0, 0.05) is 28.9 Å². The van der Waals surface area contributed by atoms with Crippen LogP contribution in [0.4, 0.5) is 4.39 Å². The van der Waals surface area contributed by atoms with Crippen LogP contribution < -0.4 is 5.32 Å². The van der Waals surface area contributed by atoms with E-state index >= 15 is 0 Å². The summed E-state index contributed by atoms with van der Waals surface area (Å²) in [6, 6.07) is 23.5. The van der Waals surface area contributed by atoms with Gasteiger partial charge in [-0.1, -0.05) is 60.7 Å². The quantitative estimate of drug-likeness (QED) is 0.233. The summed E-state index contributed by atoms with van der Waals surface area (Å²) in [6.45, 7) is 1.88. The minimum Gasteiger partial charge on any atom is -0.392 e. The van der Waals surface area contributed by atoms with E-state index in [9.17, 15) is 19.1 Å². The molecule has 1 saturated carbocycles. The molecule has 2 N–H and O–H groups in total. The van der Waals surface area contributed by atoms with Gasteiger partial charge in [-0.3, -0.25) is 14.6 Å². The van der Waals surface area contributed by atoms with Crippen molar-refractivity contribution in [2.75, 3.05) is 0 Å². The lowest BCUT2D eigenvalue weighted by Gasteiger charge is -2.16. The number of hydrogen-bond acceptors (Lipinski definition) is 4. The highest BCUT2D eigenvalue weighted by Gasteiger charge is 2.29. The zero-order valence-corrected chi connectivity index (χ0v) is 21.8. The van der Waals surface area contributed by atoms with Gasteiger partial charge in [-0.15, -0.1) is 0 Å². The highest BCUT2D eigenvalue weighted by Crippen LogP contribution is 2.45. The number of halogens is 1. The maximum absolute atomic E-state index is 13.7. The Hall–Kier alpha value is -4.16. The molecule has 0 aliphatic heterocycles. The van der Waals surface area contributed by atoms with Crippen LogP contribution in [0.25, 0.3) is 28.1 Å². The highest BCUT2D eigenvalue weighted by atomic mass is 19.1. The standard InChI is InChI=1S/C33H31FN2O3/c1-21(22-7-3-2-4-8-22)35-31(39)20-27(38)19-26(37)17-18-29-32(23-13-15-25(34)16-14-23)28-9-5-6-10-30(28)36-33(29)24-11-12-24/h2-10,13-18,21,24,27,38H,11-12,19-20H2,1H3,(H,35,39)/t21-,27+/m0/s1. The zero-order chi connectivity index (χ0) is 27.4. The number of aliphatic hydroxyl groups excluding tert-OH is 1. The number of para-hydroxylation sites is 1. The Morgan fingerprint density at radius 2 is 1.69 bits per heavy atom. The van der Waals surface area contributed by atoms with E-state index < -0.39 is 6.10 Å². The van der Waals surface area contributed by atoms with Crippen molar-refractivity contribution in [3.8, 4) is 11.1 Å². The van der Waals surface area contributed by atoms with Gasteiger partial charge in [-0.2, -0.15) is 0 Å². The summed E-state index contributed by atoms with van der Waals surface area (Å²) in [5.74, 6) is -0.609. The molecule has 198 valence electrons. The van der Waals surface area contributed by atoms with Crippen LogP contribution in [0.5, 0.6) is 0 Å². The Labute approximate surface area is 227 Å². The van der Waals surface area contributed by atoms with Crippen LogP contribution in [0, 0.1) is 5.82 Å². The van der Waals surface area contributed by atoms with E-state index in [1.54, 1.807) is 18.2 Å². The van der Waals surface area contributed by atoms with Crippen LogP contribution in [0.1, 0.15) is 61.4 Å². The van der Waals surface area contributed by atoms with Crippen LogP contribution in [0.2, 0.25) is 0 Å². The first kappa shape index (κ1) is 26.4. The third-order valence-electron chi connectivity index (χ3n) is 7.03. The Morgan fingerprint density at radius 1 is 1.00 bits per heavy atom. The van der Waals surface area contributed by atoms with E-state index in [-0.39, 0.29) is 36.4 Å². The number of ketones is 1. The Kier molecular flexibility index (Phi) is 7.94. The maximum Gasteiger partial charge on any atom is 0.223 e. The number of amides is 1. The molecule has 0 radical (unpaired) electrons. The van der Waals surface area contributed by atoms with E-state index in [0.717, 1.165) is 51.7 Å². The SMILES string of the molecule is C[C@H](NC(=O)C[C@H](O)CC(=O)C=Cc1c(C2CC2)nc2ccccc2c1-c1ccc(F)cc1)c1ccccc1. The molecule has 2 atom stereocenters. The van der Waals surface area contributed by atoms with Crippen molar-refractivity contribution in [1.82, 2.24) is 10.3 Å². The monoisotopic (exact) mass is 522 g/mol. The van der Waals surface area contributed by atoms with Crippen LogP contribution in [-0.4, -0.2) is 27.9 Å². The largest absolute Gasteiger partial charge is 0.392 e. The first-order valence-corrected chi connectivity index (χ1v) is 13.3. The normalized spacial score (nSPS) is 14.8. The molecule has 5 nitrogen and oxygen atoms in total. The predicted octanol–water partition coefficient (Wildman–Crippen LogP) is 6.52. The average molecular weight is 523 g/mol. The van der Waals surface area contributed by atoms with Crippen molar-refractivity contribution >= 4 is 28.7 Å². The predicted molar refractivity (Wildman–Crippen MR) is 151 cm³/mol. The second-order valence-electron chi connectivity index (χ2n) is 10.1. The van der Waals surface area contributed by atoms with Gasteiger partial charge in [0.15, 0.2) is 5.78 Å². The Balaban J connectivity index is 1.35. The molecule has 0 bridgehead atoms. The number of pyridine rings is 1. The van der Waals surface area contributed by atoms with Gasteiger partial charge in [-0.05, 0) is 61.2 Å². The van der Waals surface area contributed by atoms with Gasteiger partial charge in [0.2, 0.25) is 5.91 Å². The molecule has 1 fully saturated rings. The van der Waals surface area contributed by atoms with Gasteiger partial charge in [0.05, 0.1) is 29.8 Å². The number of fused-ring (bicyclic) bond motifs is 1. The molecule has 39 heavy (non-hydrogen) atoms. The number of carbonyl (C=O) groups is 2. The van der Waals surface area contributed by atoms with Crippen molar-refractivity contribution in [2.45, 2.75) is 50.7 Å². The summed E-state index contributed by atoms with van der Waals surface area (Å²) in [5, 5.41) is 14.2. The number of aromatic nitrogens is 1. The van der Waals surface area contributed by atoms with Crippen LogP contribution in [0.15, 0.2) is 84.9 Å². The molecule has 6 heteroatoms. The smallest absolute Gasteiger partial charge is 0.223 e. The third kappa shape index (κ3) is 6.47. The van der Waals surface area contributed by atoms with Crippen molar-refractivity contribution in [2.24, 2.45) is 0 Å². The van der Waals surface area contributed by atoms with Crippen LogP contribution in [-0.2, 0) is 9.59 Å². The summed E-state index contributed by atoms with van der Waals surface area (Å²) < 4.78 is 13.7. The molecule has 0 unspecified atom stereocenters. The van der Waals surface area contributed by atoms with E-state index in [0.29, 0.717) is 5.92 Å². The molecule has 1 aromatic heterocycles. The van der Waals surface area contributed by atoms with Crippen LogP contribution >= 0.6 is 0 Å².